The van der Waals surface area contributed by atoms with Gasteiger partial charge in [-0.15, -0.1) is 0 Å². The van der Waals surface area contributed by atoms with Crippen LogP contribution in [0, 0.1) is 0 Å². The number of amides is 3. The minimum Gasteiger partial charge on any atom is -0.478 e. The molecule has 63 heavy (non-hydrogen) atoms. The number of rotatable bonds is 31. The first-order valence-electron chi connectivity index (χ1n) is 22.2. The fourth-order valence-corrected chi connectivity index (χ4v) is 6.14. The average molecular weight is 889 g/mol. The van der Waals surface area contributed by atoms with Gasteiger partial charge in [-0.2, -0.15) is 0 Å². The van der Waals surface area contributed by atoms with E-state index in [1.807, 2.05) is 31.2 Å². The highest BCUT2D eigenvalue weighted by Crippen LogP contribution is 2.21. The highest BCUT2D eigenvalue weighted by atomic mass is 35.5. The van der Waals surface area contributed by atoms with Crippen LogP contribution in [0.3, 0.4) is 0 Å². The molecule has 0 aliphatic rings. The van der Waals surface area contributed by atoms with Crippen LogP contribution in [0.25, 0.3) is 0 Å². The van der Waals surface area contributed by atoms with E-state index in [0.717, 1.165) is 37.7 Å². The molecule has 0 fully saturated rings. The fourth-order valence-electron chi connectivity index (χ4n) is 6.01. The largest absolute Gasteiger partial charge is 0.478 e. The number of allylic oxidation sites excluding steroid dienone is 12. The number of carbonyl (C=O) groups excluding carboxylic acids is 4. The molecular formula is C51H70ClN3O8. The van der Waals surface area contributed by atoms with E-state index in [2.05, 4.69) is 83.6 Å². The van der Waals surface area contributed by atoms with Gasteiger partial charge in [0, 0.05) is 30.1 Å². The van der Waals surface area contributed by atoms with Gasteiger partial charge in [0.05, 0.1) is 19.3 Å². The van der Waals surface area contributed by atoms with Crippen LogP contribution in [0.15, 0.2) is 121 Å². The summed E-state index contributed by atoms with van der Waals surface area (Å²) in [7, 11) is 0. The molecule has 0 radical (unpaired) electrons. The van der Waals surface area contributed by atoms with Crippen LogP contribution in [0.1, 0.15) is 114 Å². The van der Waals surface area contributed by atoms with Gasteiger partial charge < -0.3 is 35.6 Å². The Kier molecular flexibility index (Phi) is 27.0. The van der Waals surface area contributed by atoms with Crippen molar-refractivity contribution in [1.29, 1.82) is 0 Å². The highest BCUT2D eigenvalue weighted by Gasteiger charge is 2.47. The number of hydrogen-bond acceptors (Lipinski definition) is 8. The first-order chi connectivity index (χ1) is 30.4. The second-order valence-electron chi connectivity index (χ2n) is 15.5. The first-order valence-corrected chi connectivity index (χ1v) is 22.5. The molecule has 0 spiro atoms. The molecule has 2 unspecified atom stereocenters. The van der Waals surface area contributed by atoms with Crippen LogP contribution in [-0.4, -0.2) is 77.5 Å². The topological polar surface area (TPSA) is 163 Å². The van der Waals surface area contributed by atoms with Crippen molar-refractivity contribution in [1.82, 2.24) is 16.0 Å². The number of ether oxygens (including phenoxy) is 2. The van der Waals surface area contributed by atoms with E-state index in [-0.39, 0.29) is 38.3 Å². The molecule has 2 aromatic carbocycles. The van der Waals surface area contributed by atoms with E-state index in [1.165, 1.54) is 0 Å². The zero-order valence-corrected chi connectivity index (χ0v) is 38.4. The van der Waals surface area contributed by atoms with Gasteiger partial charge in [-0.1, -0.05) is 110 Å². The Balaban J connectivity index is 1.77. The van der Waals surface area contributed by atoms with Crippen LogP contribution < -0.4 is 20.7 Å². The van der Waals surface area contributed by atoms with Crippen molar-refractivity contribution in [3.63, 3.8) is 0 Å². The van der Waals surface area contributed by atoms with Crippen LogP contribution >= 0.6 is 11.6 Å². The second-order valence-corrected chi connectivity index (χ2v) is 15.9. The van der Waals surface area contributed by atoms with E-state index in [9.17, 15) is 29.4 Å². The molecule has 2 atom stereocenters. The molecule has 0 saturated carbocycles. The number of halogens is 1. The number of carbonyl (C=O) groups is 4. The van der Waals surface area contributed by atoms with Crippen molar-refractivity contribution in [2.24, 2.45) is 0 Å². The predicted octanol–water partition coefficient (Wildman–Crippen LogP) is 9.01. The summed E-state index contributed by atoms with van der Waals surface area (Å²) < 4.78 is 11.3. The van der Waals surface area contributed by atoms with Gasteiger partial charge >= 0.3 is 5.97 Å². The number of esters is 1. The van der Waals surface area contributed by atoms with Crippen LogP contribution in [0.2, 0.25) is 5.02 Å². The average Bonchev–Trinajstić information content (AvgIpc) is 3.27. The standard InChI is InChI=1S/C51H70ClN3O8/c1-5-7-8-9-10-11-12-13-14-15-16-17-18-19-20-21-22-23-24-27-46(58)55-51(40-56,49(61)62-39-6-2)45(57)26-25-37-54-48(60)50(3,4)63-44-34-28-41(29-35-44)36-38-53-47(59)42-30-32-43(52)33-31-42/h7-8,10-11,13-14,16-17,19-20,22-23,28-35,45,56-57H,5-6,9,12,15,18,21,24-27,36-40H2,1-4H3,(H,53,59)(H,54,60)(H,55,58)/b8-7-,11-10-,14-13-,17-16-,20-19-,23-22-. The monoisotopic (exact) mass is 887 g/mol. The van der Waals surface area contributed by atoms with Crippen molar-refractivity contribution in [3.8, 4) is 5.75 Å². The Morgan fingerprint density at radius 1 is 0.746 bits per heavy atom. The number of aliphatic hydroxyl groups excluding tert-OH is 2. The Morgan fingerprint density at radius 3 is 1.84 bits per heavy atom. The zero-order valence-electron chi connectivity index (χ0n) is 37.7. The molecule has 12 heteroatoms. The summed E-state index contributed by atoms with van der Waals surface area (Å²) in [5.74, 6) is -1.55. The molecule has 0 saturated heterocycles. The minimum atomic E-state index is -2.06. The third-order valence-electron chi connectivity index (χ3n) is 9.71. The lowest BCUT2D eigenvalue weighted by Gasteiger charge is -2.35. The normalized spacial score (nSPS) is 13.6. The van der Waals surface area contributed by atoms with E-state index in [1.54, 1.807) is 50.2 Å². The molecule has 0 aromatic heterocycles. The molecule has 11 nitrogen and oxygen atoms in total. The lowest BCUT2D eigenvalue weighted by atomic mass is 9.89. The maximum absolute atomic E-state index is 13.2. The summed E-state index contributed by atoms with van der Waals surface area (Å²) in [6.45, 7) is 6.96. The molecule has 0 bridgehead atoms. The van der Waals surface area contributed by atoms with E-state index >= 15 is 0 Å². The van der Waals surface area contributed by atoms with Crippen LogP contribution in [-0.2, 0) is 25.5 Å². The second kappa shape index (κ2) is 31.6. The van der Waals surface area contributed by atoms with Gasteiger partial charge in [0.2, 0.25) is 5.91 Å². The molecule has 344 valence electrons. The van der Waals surface area contributed by atoms with Gasteiger partial charge in [0.25, 0.3) is 11.8 Å². The van der Waals surface area contributed by atoms with Gasteiger partial charge in [-0.3, -0.25) is 14.4 Å². The summed E-state index contributed by atoms with van der Waals surface area (Å²) in [6, 6.07) is 13.9. The van der Waals surface area contributed by atoms with Crippen LogP contribution in [0.5, 0.6) is 5.75 Å². The van der Waals surface area contributed by atoms with Crippen molar-refractivity contribution in [2.75, 3.05) is 26.3 Å². The third-order valence-corrected chi connectivity index (χ3v) is 9.96. The fraction of sp³-hybridized carbons (Fsp3) is 0.451. The van der Waals surface area contributed by atoms with Crippen molar-refractivity contribution < 1.29 is 38.9 Å². The van der Waals surface area contributed by atoms with Gasteiger partial charge in [-0.05, 0) is 126 Å². The minimum absolute atomic E-state index is 0.0294. The summed E-state index contributed by atoms with van der Waals surface area (Å²) in [4.78, 5) is 51.7. The van der Waals surface area contributed by atoms with E-state index in [0.29, 0.717) is 48.6 Å². The summed E-state index contributed by atoms with van der Waals surface area (Å²) in [5, 5.41) is 30.4. The van der Waals surface area contributed by atoms with Crippen molar-refractivity contribution >= 4 is 35.3 Å². The first kappa shape index (κ1) is 53.9. The molecule has 2 rings (SSSR count). The maximum atomic E-state index is 13.2. The molecule has 3 amide bonds. The lowest BCUT2D eigenvalue weighted by Crippen LogP contribution is -2.65. The van der Waals surface area contributed by atoms with Gasteiger partial charge in [0.15, 0.2) is 11.1 Å². The van der Waals surface area contributed by atoms with Gasteiger partial charge in [0.1, 0.15) is 5.75 Å². The third kappa shape index (κ3) is 22.1. The lowest BCUT2D eigenvalue weighted by molar-refractivity contribution is -0.163. The Hall–Kier alpha value is -5.23. The summed E-state index contributed by atoms with van der Waals surface area (Å²) >= 11 is 5.90. The molecule has 0 aliphatic carbocycles. The number of benzene rings is 2. The molecule has 5 N–H and O–H groups in total. The summed E-state index contributed by atoms with van der Waals surface area (Å²) in [6.07, 6.45) is 31.0. The molecular weight excluding hydrogens is 818 g/mol. The van der Waals surface area contributed by atoms with E-state index in [4.69, 9.17) is 21.1 Å². The molecule has 0 aliphatic heterocycles. The van der Waals surface area contributed by atoms with Crippen LogP contribution in [0.4, 0.5) is 0 Å². The Labute approximate surface area is 380 Å². The highest BCUT2D eigenvalue weighted by molar-refractivity contribution is 6.30. The quantitative estimate of drug-likeness (QED) is 0.0285. The summed E-state index contributed by atoms with van der Waals surface area (Å²) in [5.41, 5.74) is -1.81. The zero-order chi connectivity index (χ0) is 46.2. The van der Waals surface area contributed by atoms with Gasteiger partial charge in [-0.25, -0.2) is 4.79 Å². The van der Waals surface area contributed by atoms with E-state index < -0.39 is 41.6 Å². The molecule has 0 heterocycles. The maximum Gasteiger partial charge on any atom is 0.337 e. The number of aliphatic hydroxyl groups is 2. The predicted molar refractivity (Wildman–Crippen MR) is 254 cm³/mol. The number of hydrogen-bond donors (Lipinski definition) is 5. The van der Waals surface area contributed by atoms with Crippen molar-refractivity contribution in [2.45, 2.75) is 122 Å². The van der Waals surface area contributed by atoms with Crippen molar-refractivity contribution in [3.05, 3.63) is 138 Å². The smallest absolute Gasteiger partial charge is 0.337 e. The SMILES string of the molecule is CC/C=C\C/C=C\C/C=C\C/C=C\C/C=C\C/C=C\CCC(=O)NC(CO)(C(=O)OCCC)C(O)CCCNC(=O)C(C)(C)Oc1ccc(CCNC(=O)c2ccc(Cl)cc2)cc1. The number of nitrogens with one attached hydrogen (secondary N) is 3. The Bertz CT molecular complexity index is 1830. The Morgan fingerprint density at radius 2 is 1.30 bits per heavy atom. The molecule has 2 aromatic rings.